The molecule has 4 heteroatoms. The van der Waals surface area contributed by atoms with Crippen molar-refractivity contribution in [3.8, 4) is 0 Å². The van der Waals surface area contributed by atoms with Gasteiger partial charge in [0.25, 0.3) is 0 Å². The number of halogens is 1. The highest BCUT2D eigenvalue weighted by atomic mass is 79.9. The predicted molar refractivity (Wildman–Crippen MR) is 87.1 cm³/mol. The van der Waals surface area contributed by atoms with Crippen LogP contribution < -0.4 is 5.32 Å². The molecule has 2 aromatic rings. The van der Waals surface area contributed by atoms with Crippen LogP contribution in [0.1, 0.15) is 41.0 Å². The van der Waals surface area contributed by atoms with Crippen molar-refractivity contribution in [2.75, 3.05) is 5.32 Å². The van der Waals surface area contributed by atoms with Gasteiger partial charge in [0.1, 0.15) is 0 Å². The van der Waals surface area contributed by atoms with Crippen molar-refractivity contribution in [1.82, 2.24) is 4.98 Å². The number of nitrogens with one attached hydrogen (secondary N) is 1. The molecule has 0 fully saturated rings. The van der Waals surface area contributed by atoms with E-state index in [0.717, 1.165) is 21.6 Å². The Morgan fingerprint density at radius 2 is 2.11 bits per heavy atom. The summed E-state index contributed by atoms with van der Waals surface area (Å²) in [5.41, 5.74) is 3.68. The van der Waals surface area contributed by atoms with Gasteiger partial charge in [0.05, 0.1) is 16.7 Å². The van der Waals surface area contributed by atoms with Gasteiger partial charge in [0.15, 0.2) is 0 Å². The second kappa shape index (κ2) is 6.06. The molecule has 1 aromatic heterocycles. The normalized spacial score (nSPS) is 12.5. The van der Waals surface area contributed by atoms with Crippen molar-refractivity contribution >= 4 is 33.0 Å². The molecule has 0 aliphatic carbocycles. The maximum Gasteiger partial charge on any atom is 0.0901 e. The van der Waals surface area contributed by atoms with Crippen LogP contribution >= 0.6 is 27.3 Å². The summed E-state index contributed by atoms with van der Waals surface area (Å²) >= 11 is 5.29. The van der Waals surface area contributed by atoms with Crippen LogP contribution in [-0.4, -0.2) is 4.98 Å². The molecular weight excluding hydrogens is 320 g/mol. The smallest absolute Gasteiger partial charge is 0.0901 e. The average molecular weight is 339 g/mol. The Morgan fingerprint density at radius 3 is 2.68 bits per heavy atom. The molecule has 0 saturated heterocycles. The predicted octanol–water partition coefficient (Wildman–Crippen LogP) is 5.26. The standard InChI is InChI=1S/C15H19BrN2S/c1-5-12-8-13(16)6-7-14(12)17-9(2)15-10(3)19-11(4)18-15/h6-9,17H,5H2,1-4H3. The average Bonchev–Trinajstić information content (AvgIpc) is 2.70. The first-order valence-corrected chi connectivity index (χ1v) is 8.11. The van der Waals surface area contributed by atoms with Crippen LogP contribution in [0.15, 0.2) is 22.7 Å². The number of hydrogen-bond donors (Lipinski definition) is 1. The number of rotatable bonds is 4. The lowest BCUT2D eigenvalue weighted by molar-refractivity contribution is 0.833. The summed E-state index contributed by atoms with van der Waals surface area (Å²) in [4.78, 5) is 5.92. The first kappa shape index (κ1) is 14.5. The van der Waals surface area contributed by atoms with E-state index in [1.165, 1.54) is 16.1 Å². The second-order valence-corrected chi connectivity index (χ2v) is 7.02. The Labute approximate surface area is 127 Å². The summed E-state index contributed by atoms with van der Waals surface area (Å²) in [5, 5.41) is 4.71. The Balaban J connectivity index is 2.23. The molecule has 0 amide bonds. The summed E-state index contributed by atoms with van der Waals surface area (Å²) in [6.07, 6.45) is 1.02. The van der Waals surface area contributed by atoms with Crippen LogP contribution in [0, 0.1) is 13.8 Å². The van der Waals surface area contributed by atoms with Gasteiger partial charge in [0.2, 0.25) is 0 Å². The molecule has 1 N–H and O–H groups in total. The highest BCUT2D eigenvalue weighted by molar-refractivity contribution is 9.10. The van der Waals surface area contributed by atoms with Crippen molar-refractivity contribution in [2.24, 2.45) is 0 Å². The van der Waals surface area contributed by atoms with E-state index < -0.39 is 0 Å². The number of anilines is 1. The molecule has 1 unspecified atom stereocenters. The minimum Gasteiger partial charge on any atom is -0.377 e. The third-order valence-electron chi connectivity index (χ3n) is 3.17. The Morgan fingerprint density at radius 1 is 1.37 bits per heavy atom. The molecule has 0 aliphatic heterocycles. The molecular formula is C15H19BrN2S. The monoisotopic (exact) mass is 338 g/mol. The maximum absolute atomic E-state index is 4.63. The fourth-order valence-corrected chi connectivity index (χ4v) is 3.57. The molecule has 0 bridgehead atoms. The van der Waals surface area contributed by atoms with Crippen molar-refractivity contribution in [2.45, 2.75) is 40.2 Å². The molecule has 0 saturated carbocycles. The molecule has 19 heavy (non-hydrogen) atoms. The van der Waals surface area contributed by atoms with Gasteiger partial charge in [-0.25, -0.2) is 4.98 Å². The van der Waals surface area contributed by atoms with E-state index in [0.29, 0.717) is 0 Å². The van der Waals surface area contributed by atoms with Crippen molar-refractivity contribution in [1.29, 1.82) is 0 Å². The molecule has 1 atom stereocenters. The minimum absolute atomic E-state index is 0.233. The largest absolute Gasteiger partial charge is 0.377 e. The summed E-state index contributed by atoms with van der Waals surface area (Å²) in [5.74, 6) is 0. The quantitative estimate of drug-likeness (QED) is 0.822. The van der Waals surface area contributed by atoms with Crippen LogP contribution in [0.25, 0.3) is 0 Å². The lowest BCUT2D eigenvalue weighted by atomic mass is 10.1. The van der Waals surface area contributed by atoms with E-state index in [4.69, 9.17) is 0 Å². The van der Waals surface area contributed by atoms with Crippen LogP contribution in [0.4, 0.5) is 5.69 Å². The molecule has 0 radical (unpaired) electrons. The maximum atomic E-state index is 4.63. The first-order chi connectivity index (χ1) is 9.01. The van der Waals surface area contributed by atoms with Gasteiger partial charge in [-0.1, -0.05) is 22.9 Å². The second-order valence-electron chi connectivity index (χ2n) is 4.70. The van der Waals surface area contributed by atoms with Crippen molar-refractivity contribution < 1.29 is 0 Å². The van der Waals surface area contributed by atoms with Gasteiger partial charge in [-0.05, 0) is 51.0 Å². The topological polar surface area (TPSA) is 24.9 Å². The summed E-state index contributed by atoms with van der Waals surface area (Å²) in [6.45, 7) is 8.55. The Kier molecular flexibility index (Phi) is 4.63. The molecule has 1 aromatic carbocycles. The van der Waals surface area contributed by atoms with Crippen LogP contribution in [0.2, 0.25) is 0 Å². The zero-order valence-corrected chi connectivity index (χ0v) is 14.2. The van der Waals surface area contributed by atoms with Gasteiger partial charge in [-0.15, -0.1) is 11.3 Å². The molecule has 2 rings (SSSR count). The van der Waals surface area contributed by atoms with Crippen LogP contribution in [0.5, 0.6) is 0 Å². The third-order valence-corrected chi connectivity index (χ3v) is 4.57. The third kappa shape index (κ3) is 3.37. The lowest BCUT2D eigenvalue weighted by Crippen LogP contribution is -2.09. The lowest BCUT2D eigenvalue weighted by Gasteiger charge is -2.17. The van der Waals surface area contributed by atoms with Gasteiger partial charge in [-0.2, -0.15) is 0 Å². The van der Waals surface area contributed by atoms with E-state index >= 15 is 0 Å². The highest BCUT2D eigenvalue weighted by Gasteiger charge is 2.14. The van der Waals surface area contributed by atoms with Crippen molar-refractivity contribution in [3.05, 3.63) is 43.8 Å². The number of thiazole rings is 1. The summed E-state index contributed by atoms with van der Waals surface area (Å²) in [7, 11) is 0. The zero-order chi connectivity index (χ0) is 14.0. The van der Waals surface area contributed by atoms with Crippen LogP contribution in [0.3, 0.4) is 0 Å². The SMILES string of the molecule is CCc1cc(Br)ccc1NC(C)c1nc(C)sc1C. The van der Waals surface area contributed by atoms with E-state index in [2.05, 4.69) is 72.1 Å². The van der Waals surface area contributed by atoms with E-state index in [-0.39, 0.29) is 6.04 Å². The first-order valence-electron chi connectivity index (χ1n) is 6.50. The molecule has 2 nitrogen and oxygen atoms in total. The zero-order valence-electron chi connectivity index (χ0n) is 11.7. The van der Waals surface area contributed by atoms with E-state index in [1.807, 2.05) is 0 Å². The number of hydrogen-bond acceptors (Lipinski definition) is 3. The van der Waals surface area contributed by atoms with Crippen LogP contribution in [-0.2, 0) is 6.42 Å². The summed E-state index contributed by atoms with van der Waals surface area (Å²) < 4.78 is 1.13. The number of nitrogens with zero attached hydrogens (tertiary/aromatic N) is 1. The highest BCUT2D eigenvalue weighted by Crippen LogP contribution is 2.28. The number of aromatic nitrogens is 1. The Bertz CT molecular complexity index is 578. The molecule has 1 heterocycles. The van der Waals surface area contributed by atoms with Gasteiger partial charge < -0.3 is 5.32 Å². The number of benzene rings is 1. The van der Waals surface area contributed by atoms with E-state index in [9.17, 15) is 0 Å². The number of aryl methyl sites for hydroxylation is 3. The molecule has 0 spiro atoms. The van der Waals surface area contributed by atoms with E-state index in [1.54, 1.807) is 11.3 Å². The molecule has 0 aliphatic rings. The van der Waals surface area contributed by atoms with Crippen molar-refractivity contribution in [3.63, 3.8) is 0 Å². The summed E-state index contributed by atoms with van der Waals surface area (Å²) in [6, 6.07) is 6.62. The van der Waals surface area contributed by atoms with Gasteiger partial charge in [-0.3, -0.25) is 0 Å². The minimum atomic E-state index is 0.233. The Hall–Kier alpha value is -0.870. The van der Waals surface area contributed by atoms with Gasteiger partial charge >= 0.3 is 0 Å². The molecule has 102 valence electrons. The van der Waals surface area contributed by atoms with Gasteiger partial charge in [0, 0.05) is 15.0 Å². The fraction of sp³-hybridized carbons (Fsp3) is 0.400. The fourth-order valence-electron chi connectivity index (χ4n) is 2.24.